The summed E-state index contributed by atoms with van der Waals surface area (Å²) in [6, 6.07) is 22.6. The minimum atomic E-state index is -1.10. The number of carboxylic acids is 1. The van der Waals surface area contributed by atoms with E-state index in [1.807, 2.05) is 48.5 Å². The molecule has 7 nitrogen and oxygen atoms in total. The van der Waals surface area contributed by atoms with Gasteiger partial charge in [0, 0.05) is 23.1 Å². The number of hydrogen-bond donors (Lipinski definition) is 2. The largest absolute Gasteiger partial charge is 0.481 e. The van der Waals surface area contributed by atoms with Crippen molar-refractivity contribution in [1.82, 2.24) is 4.57 Å². The number of fused-ring (bicyclic) bond motifs is 3. The van der Waals surface area contributed by atoms with E-state index >= 15 is 0 Å². The number of aromatic nitrogens is 1. The van der Waals surface area contributed by atoms with Crippen LogP contribution in [0.15, 0.2) is 83.5 Å². The van der Waals surface area contributed by atoms with Crippen LogP contribution in [-0.2, 0) is 11.3 Å². The monoisotopic (exact) mass is 440 g/mol. The molecule has 0 spiro atoms. The molecule has 0 aliphatic carbocycles. The van der Waals surface area contributed by atoms with Gasteiger partial charge in [-0.3, -0.25) is 4.79 Å². The highest BCUT2D eigenvalue weighted by Crippen LogP contribution is 2.41. The van der Waals surface area contributed by atoms with Crippen molar-refractivity contribution >= 4 is 33.7 Å². The third kappa shape index (κ3) is 3.70. The van der Waals surface area contributed by atoms with E-state index in [0.29, 0.717) is 34.4 Å². The van der Waals surface area contributed by atoms with E-state index in [9.17, 15) is 14.7 Å². The van der Waals surface area contributed by atoms with Crippen molar-refractivity contribution in [2.45, 2.75) is 6.54 Å². The highest BCUT2D eigenvalue weighted by Gasteiger charge is 2.22. The molecule has 5 aromatic rings. The van der Waals surface area contributed by atoms with Crippen molar-refractivity contribution in [3.63, 3.8) is 0 Å². The summed E-state index contributed by atoms with van der Waals surface area (Å²) >= 11 is 0. The predicted octanol–water partition coefficient (Wildman–Crippen LogP) is 4.67. The Labute approximate surface area is 188 Å². The van der Waals surface area contributed by atoms with Crippen LogP contribution in [0.5, 0.6) is 5.75 Å². The van der Waals surface area contributed by atoms with Gasteiger partial charge in [0.05, 0.1) is 22.7 Å². The first-order valence-corrected chi connectivity index (χ1v) is 10.3. The average Bonchev–Trinajstić information content (AvgIpc) is 3.45. The van der Waals surface area contributed by atoms with Crippen LogP contribution in [0.25, 0.3) is 33.1 Å². The zero-order chi connectivity index (χ0) is 22.9. The summed E-state index contributed by atoms with van der Waals surface area (Å²) < 4.78 is 13.4. The third-order valence-corrected chi connectivity index (χ3v) is 5.56. The lowest BCUT2D eigenvalue weighted by atomic mass is 10.0. The number of rotatable bonds is 7. The van der Waals surface area contributed by atoms with E-state index in [4.69, 9.17) is 14.9 Å². The van der Waals surface area contributed by atoms with E-state index in [1.54, 1.807) is 30.5 Å². The smallest absolute Gasteiger partial charge is 0.341 e. The summed E-state index contributed by atoms with van der Waals surface area (Å²) in [6.45, 7) is 0.00381. The fraction of sp³-hybridized carbons (Fsp3) is 0.0769. The summed E-state index contributed by atoms with van der Waals surface area (Å²) in [4.78, 5) is 23.6. The van der Waals surface area contributed by atoms with Crippen LogP contribution in [0.4, 0.5) is 0 Å². The first kappa shape index (κ1) is 20.4. The van der Waals surface area contributed by atoms with Gasteiger partial charge in [0.25, 0.3) is 0 Å². The maximum atomic E-state index is 12.3. The molecule has 2 heterocycles. The Hall–Kier alpha value is -4.52. The van der Waals surface area contributed by atoms with Gasteiger partial charge in [0.2, 0.25) is 5.91 Å². The zero-order valence-corrected chi connectivity index (χ0v) is 17.5. The number of benzene rings is 3. The summed E-state index contributed by atoms with van der Waals surface area (Å²) in [5.41, 5.74) is 9.42. The molecule has 0 fully saturated rings. The molecule has 3 N–H and O–H groups in total. The van der Waals surface area contributed by atoms with Crippen LogP contribution >= 0.6 is 0 Å². The molecule has 0 saturated carbocycles. The van der Waals surface area contributed by atoms with Gasteiger partial charge in [-0.25, -0.2) is 4.79 Å². The van der Waals surface area contributed by atoms with Crippen molar-refractivity contribution in [2.24, 2.45) is 5.73 Å². The first-order valence-electron chi connectivity index (χ1n) is 10.3. The van der Waals surface area contributed by atoms with Gasteiger partial charge in [-0.15, -0.1) is 0 Å². The Balaban J connectivity index is 1.87. The van der Waals surface area contributed by atoms with Gasteiger partial charge in [-0.05, 0) is 42.0 Å². The lowest BCUT2D eigenvalue weighted by Crippen LogP contribution is -2.11. The molecule has 3 aromatic carbocycles. The molecule has 1 amide bonds. The second-order valence-electron chi connectivity index (χ2n) is 7.66. The van der Waals surface area contributed by atoms with Gasteiger partial charge in [-0.2, -0.15) is 0 Å². The Morgan fingerprint density at radius 1 is 0.939 bits per heavy atom. The average molecular weight is 440 g/mol. The maximum absolute atomic E-state index is 12.3. The molecule has 0 bridgehead atoms. The minimum absolute atomic E-state index is 0.340. The van der Waals surface area contributed by atoms with Crippen molar-refractivity contribution in [1.29, 1.82) is 0 Å². The number of amides is 1. The number of nitrogens with two attached hydrogens (primary N) is 1. The molecule has 164 valence electrons. The van der Waals surface area contributed by atoms with Crippen molar-refractivity contribution in [3.05, 3.63) is 90.2 Å². The van der Waals surface area contributed by atoms with E-state index in [-0.39, 0.29) is 0 Å². The molecule has 5 rings (SSSR count). The SMILES string of the molecule is NC(=O)c1cccc2c1c1c(OCC(=O)O)cc(-c3ccco3)cc1n2Cc1ccccc1. The Bertz CT molecular complexity index is 1480. The van der Waals surface area contributed by atoms with Crippen LogP contribution in [0.2, 0.25) is 0 Å². The molecule has 0 aliphatic heterocycles. The fourth-order valence-corrected chi connectivity index (χ4v) is 4.20. The molecule has 2 aromatic heterocycles. The number of ether oxygens (including phenoxy) is 1. The van der Waals surface area contributed by atoms with Gasteiger partial charge in [0.15, 0.2) is 6.61 Å². The fourth-order valence-electron chi connectivity index (χ4n) is 4.20. The lowest BCUT2D eigenvalue weighted by Gasteiger charge is -2.11. The second kappa shape index (κ2) is 8.20. The van der Waals surface area contributed by atoms with Crippen molar-refractivity contribution < 1.29 is 23.8 Å². The van der Waals surface area contributed by atoms with E-state index < -0.39 is 18.5 Å². The Morgan fingerprint density at radius 2 is 1.76 bits per heavy atom. The van der Waals surface area contributed by atoms with Crippen LogP contribution in [0.1, 0.15) is 15.9 Å². The summed E-state index contributed by atoms with van der Waals surface area (Å²) in [5, 5.41) is 10.5. The first-order chi connectivity index (χ1) is 16.0. The van der Waals surface area contributed by atoms with Gasteiger partial charge < -0.3 is 24.6 Å². The topological polar surface area (TPSA) is 108 Å². The quantitative estimate of drug-likeness (QED) is 0.383. The standard InChI is InChI=1S/C26H20N2O5/c27-26(31)18-8-4-9-19-24(18)25-20(28(19)14-16-6-2-1-3-7-16)12-17(21-10-5-11-32-21)13-22(25)33-15-23(29)30/h1-13H,14-15H2,(H2,27,31)(H,29,30). The second-order valence-corrected chi connectivity index (χ2v) is 7.66. The van der Waals surface area contributed by atoms with Crippen molar-refractivity contribution in [3.8, 4) is 17.1 Å². The Kier molecular flexibility index (Phi) is 5.06. The van der Waals surface area contributed by atoms with Gasteiger partial charge in [0.1, 0.15) is 11.5 Å². The van der Waals surface area contributed by atoms with Crippen LogP contribution in [0.3, 0.4) is 0 Å². The Morgan fingerprint density at radius 3 is 2.45 bits per heavy atom. The highest BCUT2D eigenvalue weighted by atomic mass is 16.5. The molecule has 0 atom stereocenters. The van der Waals surface area contributed by atoms with Gasteiger partial charge >= 0.3 is 5.97 Å². The zero-order valence-electron chi connectivity index (χ0n) is 17.5. The number of nitrogens with zero attached hydrogens (tertiary/aromatic N) is 1. The van der Waals surface area contributed by atoms with E-state index in [0.717, 1.165) is 22.2 Å². The number of furan rings is 1. The number of hydrogen-bond acceptors (Lipinski definition) is 4. The molecule has 7 heteroatoms. The number of aliphatic carboxylic acids is 1. The van der Waals surface area contributed by atoms with E-state index in [2.05, 4.69) is 4.57 Å². The summed E-state index contributed by atoms with van der Waals surface area (Å²) in [5.74, 6) is -0.719. The van der Waals surface area contributed by atoms with Crippen LogP contribution < -0.4 is 10.5 Å². The molecular weight excluding hydrogens is 420 g/mol. The van der Waals surface area contributed by atoms with Crippen LogP contribution in [0, 0.1) is 0 Å². The molecule has 33 heavy (non-hydrogen) atoms. The number of carbonyl (C=O) groups is 2. The van der Waals surface area contributed by atoms with E-state index in [1.165, 1.54) is 0 Å². The number of carbonyl (C=O) groups excluding carboxylic acids is 1. The lowest BCUT2D eigenvalue weighted by molar-refractivity contribution is -0.139. The van der Waals surface area contributed by atoms with Crippen molar-refractivity contribution in [2.75, 3.05) is 6.61 Å². The molecule has 0 aliphatic rings. The minimum Gasteiger partial charge on any atom is -0.481 e. The molecular formula is C26H20N2O5. The van der Waals surface area contributed by atoms with Gasteiger partial charge in [-0.1, -0.05) is 36.4 Å². The summed E-state index contributed by atoms with van der Waals surface area (Å²) in [6.07, 6.45) is 1.57. The molecule has 0 saturated heterocycles. The predicted molar refractivity (Wildman–Crippen MR) is 124 cm³/mol. The number of primary amides is 1. The molecule has 0 radical (unpaired) electrons. The normalized spacial score (nSPS) is 11.2. The maximum Gasteiger partial charge on any atom is 0.341 e. The third-order valence-electron chi connectivity index (χ3n) is 5.56. The summed E-state index contributed by atoms with van der Waals surface area (Å²) in [7, 11) is 0. The number of carboxylic acid groups (broad SMARTS) is 1. The highest BCUT2D eigenvalue weighted by molar-refractivity contribution is 6.20. The van der Waals surface area contributed by atoms with Crippen LogP contribution in [-0.4, -0.2) is 28.2 Å². The molecule has 0 unspecified atom stereocenters.